The molecular weight excluding hydrogens is 288 g/mol. The Morgan fingerprint density at radius 3 is 2.33 bits per heavy atom. The van der Waals surface area contributed by atoms with Crippen LogP contribution in [0, 0.1) is 6.92 Å². The topological polar surface area (TPSA) is 49.4 Å². The zero-order chi connectivity index (χ0) is 15.8. The van der Waals surface area contributed by atoms with Gasteiger partial charge in [-0.2, -0.15) is 0 Å². The summed E-state index contributed by atoms with van der Waals surface area (Å²) >= 11 is 5.88. The molecule has 0 atom stereocenters. The maximum atomic E-state index is 12.1. The first kappa shape index (κ1) is 17.5. The first-order valence-corrected chi connectivity index (χ1v) is 7.69. The van der Waals surface area contributed by atoms with E-state index >= 15 is 0 Å². The number of aryl methyl sites for hydroxylation is 1. The van der Waals surface area contributed by atoms with Gasteiger partial charge in [-0.3, -0.25) is 9.59 Å². The number of nitrogens with zero attached hydrogens (tertiary/aromatic N) is 1. The second kappa shape index (κ2) is 8.67. The van der Waals surface area contributed by atoms with E-state index in [4.69, 9.17) is 11.6 Å². The summed E-state index contributed by atoms with van der Waals surface area (Å²) in [5, 5.41) is 3.39. The summed E-state index contributed by atoms with van der Waals surface area (Å²) in [4.78, 5) is 25.8. The summed E-state index contributed by atoms with van der Waals surface area (Å²) in [6.45, 7) is 7.30. The number of nitrogens with one attached hydrogen (secondary N) is 1. The van der Waals surface area contributed by atoms with Crippen LogP contribution in [0.5, 0.6) is 0 Å². The molecule has 1 aromatic carbocycles. The van der Waals surface area contributed by atoms with Crippen molar-refractivity contribution in [1.29, 1.82) is 0 Å². The van der Waals surface area contributed by atoms with E-state index in [0.717, 1.165) is 18.4 Å². The molecule has 0 heterocycles. The van der Waals surface area contributed by atoms with Gasteiger partial charge < -0.3 is 10.2 Å². The van der Waals surface area contributed by atoms with Crippen molar-refractivity contribution in [2.45, 2.75) is 40.0 Å². The molecule has 1 rings (SSSR count). The summed E-state index contributed by atoms with van der Waals surface area (Å²) in [5.41, 5.74) is 1.57. The van der Waals surface area contributed by atoms with E-state index in [1.54, 1.807) is 23.1 Å². The van der Waals surface area contributed by atoms with E-state index < -0.39 is 0 Å². The highest BCUT2D eigenvalue weighted by Crippen LogP contribution is 2.19. The molecule has 1 N–H and O–H groups in total. The third kappa shape index (κ3) is 5.76. The van der Waals surface area contributed by atoms with Gasteiger partial charge in [0.1, 0.15) is 6.42 Å². The van der Waals surface area contributed by atoms with E-state index in [0.29, 0.717) is 23.8 Å². The molecule has 2 amide bonds. The summed E-state index contributed by atoms with van der Waals surface area (Å²) in [7, 11) is 0. The van der Waals surface area contributed by atoms with Crippen LogP contribution in [-0.4, -0.2) is 29.8 Å². The second-order valence-electron chi connectivity index (χ2n) is 5.06. The number of carbonyl (C=O) groups excluding carboxylic acids is 2. The fourth-order valence-electron chi connectivity index (χ4n) is 2.11. The lowest BCUT2D eigenvalue weighted by atomic mass is 10.2. The molecular formula is C16H23ClN2O2. The molecule has 0 bridgehead atoms. The highest BCUT2D eigenvalue weighted by molar-refractivity contribution is 6.30. The molecule has 0 aliphatic rings. The van der Waals surface area contributed by atoms with Crippen LogP contribution in [0.2, 0.25) is 5.02 Å². The Morgan fingerprint density at radius 1 is 1.19 bits per heavy atom. The van der Waals surface area contributed by atoms with Gasteiger partial charge in [0.2, 0.25) is 11.8 Å². The van der Waals surface area contributed by atoms with Crippen molar-refractivity contribution in [2.24, 2.45) is 0 Å². The molecule has 1 aromatic rings. The minimum atomic E-state index is -0.289. The number of anilines is 1. The highest BCUT2D eigenvalue weighted by Gasteiger charge is 2.16. The lowest BCUT2D eigenvalue weighted by Gasteiger charge is -2.21. The molecule has 0 spiro atoms. The Hall–Kier alpha value is -1.55. The normalized spacial score (nSPS) is 10.3. The maximum absolute atomic E-state index is 12.1. The SMILES string of the molecule is CCCN(CCC)C(=O)CC(=O)Nc1ccc(Cl)cc1C. The third-order valence-corrected chi connectivity index (χ3v) is 3.35. The number of benzene rings is 1. The van der Waals surface area contributed by atoms with Crippen LogP contribution < -0.4 is 5.32 Å². The summed E-state index contributed by atoms with van der Waals surface area (Å²) in [5.74, 6) is -0.412. The minimum Gasteiger partial charge on any atom is -0.342 e. The van der Waals surface area contributed by atoms with Crippen LogP contribution >= 0.6 is 11.6 Å². The second-order valence-corrected chi connectivity index (χ2v) is 5.50. The average Bonchev–Trinajstić information content (AvgIpc) is 2.41. The lowest BCUT2D eigenvalue weighted by molar-refractivity contribution is -0.134. The first-order valence-electron chi connectivity index (χ1n) is 7.31. The van der Waals surface area contributed by atoms with E-state index in [1.165, 1.54) is 0 Å². The number of halogens is 1. The molecule has 0 unspecified atom stereocenters. The third-order valence-electron chi connectivity index (χ3n) is 3.11. The number of hydrogen-bond donors (Lipinski definition) is 1. The Bertz CT molecular complexity index is 497. The van der Waals surface area contributed by atoms with E-state index in [9.17, 15) is 9.59 Å². The zero-order valence-corrected chi connectivity index (χ0v) is 13.7. The van der Waals surface area contributed by atoms with Gasteiger partial charge in [-0.25, -0.2) is 0 Å². The van der Waals surface area contributed by atoms with Crippen LogP contribution in [0.3, 0.4) is 0 Å². The van der Waals surface area contributed by atoms with Crippen LogP contribution in [0.1, 0.15) is 38.7 Å². The van der Waals surface area contributed by atoms with Crippen LogP contribution in [0.25, 0.3) is 0 Å². The monoisotopic (exact) mass is 310 g/mol. The fourth-order valence-corrected chi connectivity index (χ4v) is 2.34. The van der Waals surface area contributed by atoms with Gasteiger partial charge in [0.15, 0.2) is 0 Å². The predicted octanol–water partition coefficient (Wildman–Crippen LogP) is 3.63. The van der Waals surface area contributed by atoms with Crippen LogP contribution in [0.4, 0.5) is 5.69 Å². The molecule has 0 fully saturated rings. The Kier molecular flexibility index (Phi) is 7.23. The Labute approximate surface area is 131 Å². The quantitative estimate of drug-likeness (QED) is 0.782. The lowest BCUT2D eigenvalue weighted by Crippen LogP contribution is -2.35. The smallest absolute Gasteiger partial charge is 0.233 e. The molecule has 0 radical (unpaired) electrons. The van der Waals surface area contributed by atoms with Crippen molar-refractivity contribution in [2.75, 3.05) is 18.4 Å². The molecule has 21 heavy (non-hydrogen) atoms. The number of carbonyl (C=O) groups is 2. The van der Waals surface area contributed by atoms with Gasteiger partial charge >= 0.3 is 0 Å². The molecule has 0 aromatic heterocycles. The molecule has 116 valence electrons. The molecule has 5 heteroatoms. The van der Waals surface area contributed by atoms with Crippen molar-refractivity contribution >= 4 is 29.1 Å². The summed E-state index contributed by atoms with van der Waals surface area (Å²) in [6, 6.07) is 5.24. The van der Waals surface area contributed by atoms with E-state index in [-0.39, 0.29) is 18.2 Å². The maximum Gasteiger partial charge on any atom is 0.233 e. The van der Waals surface area contributed by atoms with Crippen molar-refractivity contribution in [1.82, 2.24) is 4.90 Å². The van der Waals surface area contributed by atoms with E-state index in [1.807, 2.05) is 20.8 Å². The van der Waals surface area contributed by atoms with Crippen molar-refractivity contribution in [3.05, 3.63) is 28.8 Å². The largest absolute Gasteiger partial charge is 0.342 e. The number of amides is 2. The van der Waals surface area contributed by atoms with Crippen molar-refractivity contribution in [3.8, 4) is 0 Å². The van der Waals surface area contributed by atoms with Crippen LogP contribution in [0.15, 0.2) is 18.2 Å². The number of hydrogen-bond acceptors (Lipinski definition) is 2. The van der Waals surface area contributed by atoms with Crippen LogP contribution in [-0.2, 0) is 9.59 Å². The van der Waals surface area contributed by atoms with Crippen molar-refractivity contribution in [3.63, 3.8) is 0 Å². The molecule has 4 nitrogen and oxygen atoms in total. The molecule has 0 aliphatic carbocycles. The van der Waals surface area contributed by atoms with Crippen molar-refractivity contribution < 1.29 is 9.59 Å². The predicted molar refractivity (Wildman–Crippen MR) is 86.6 cm³/mol. The molecule has 0 saturated heterocycles. The van der Waals surface area contributed by atoms with Gasteiger partial charge in [0.05, 0.1) is 0 Å². The Morgan fingerprint density at radius 2 is 1.81 bits per heavy atom. The standard InChI is InChI=1S/C16H23ClN2O2/c1-4-8-19(9-5-2)16(21)11-15(20)18-14-7-6-13(17)10-12(14)3/h6-7,10H,4-5,8-9,11H2,1-3H3,(H,18,20). The molecule has 0 aliphatic heterocycles. The van der Waals surface area contributed by atoms with Gasteiger partial charge in [-0.1, -0.05) is 25.4 Å². The van der Waals surface area contributed by atoms with Gasteiger partial charge in [0, 0.05) is 23.8 Å². The summed E-state index contributed by atoms with van der Waals surface area (Å²) < 4.78 is 0. The number of rotatable bonds is 7. The van der Waals surface area contributed by atoms with Gasteiger partial charge in [-0.15, -0.1) is 0 Å². The first-order chi connectivity index (χ1) is 9.97. The zero-order valence-electron chi connectivity index (χ0n) is 12.9. The van der Waals surface area contributed by atoms with Gasteiger partial charge in [0.25, 0.3) is 0 Å². The summed E-state index contributed by atoms with van der Waals surface area (Å²) in [6.07, 6.45) is 1.66. The fraction of sp³-hybridized carbons (Fsp3) is 0.500. The Balaban J connectivity index is 2.61. The molecule has 0 saturated carbocycles. The highest BCUT2D eigenvalue weighted by atomic mass is 35.5. The average molecular weight is 311 g/mol. The van der Waals surface area contributed by atoms with E-state index in [2.05, 4.69) is 5.32 Å². The minimum absolute atomic E-state index is 0.122. The van der Waals surface area contributed by atoms with Gasteiger partial charge in [-0.05, 0) is 43.5 Å².